The summed E-state index contributed by atoms with van der Waals surface area (Å²) in [6.45, 7) is 6.07. The van der Waals surface area contributed by atoms with Gasteiger partial charge in [-0.1, -0.05) is 52.9 Å². The minimum absolute atomic E-state index is 0.199. The summed E-state index contributed by atoms with van der Waals surface area (Å²) in [4.78, 5) is 0. The Bertz CT molecular complexity index is 251. The quantitative estimate of drug-likeness (QED) is 0.737. The summed E-state index contributed by atoms with van der Waals surface area (Å²) in [5.41, 5.74) is -0.701. The zero-order chi connectivity index (χ0) is 12.2. The van der Waals surface area contributed by atoms with E-state index >= 15 is 0 Å². The molecular formula is C14H25NO. The summed E-state index contributed by atoms with van der Waals surface area (Å²) in [5.74, 6) is 0. The van der Waals surface area contributed by atoms with E-state index < -0.39 is 11.5 Å². The van der Waals surface area contributed by atoms with Gasteiger partial charge >= 0.3 is 0 Å². The third kappa shape index (κ3) is 2.98. The van der Waals surface area contributed by atoms with Gasteiger partial charge in [0.2, 0.25) is 0 Å². The van der Waals surface area contributed by atoms with E-state index in [2.05, 4.69) is 6.07 Å². The highest BCUT2D eigenvalue weighted by atomic mass is 16.3. The molecule has 1 atom stereocenters. The molecule has 1 saturated carbocycles. The molecule has 0 radical (unpaired) electrons. The molecule has 16 heavy (non-hydrogen) atoms. The lowest BCUT2D eigenvalue weighted by atomic mass is 9.66. The molecule has 1 rings (SSSR count). The lowest BCUT2D eigenvalue weighted by Crippen LogP contribution is -2.43. The lowest BCUT2D eigenvalue weighted by Gasteiger charge is -2.40. The van der Waals surface area contributed by atoms with Crippen LogP contribution < -0.4 is 0 Å². The van der Waals surface area contributed by atoms with Crippen molar-refractivity contribution in [2.75, 3.05) is 0 Å². The Hall–Kier alpha value is -0.550. The highest BCUT2D eigenvalue weighted by Gasteiger charge is 2.43. The van der Waals surface area contributed by atoms with E-state index in [-0.39, 0.29) is 5.41 Å². The summed E-state index contributed by atoms with van der Waals surface area (Å²) in [6, 6.07) is 2.44. The fourth-order valence-corrected chi connectivity index (χ4v) is 2.81. The number of aliphatic hydroxyl groups excluding tert-OH is 1. The summed E-state index contributed by atoms with van der Waals surface area (Å²) < 4.78 is 0. The van der Waals surface area contributed by atoms with Crippen LogP contribution in [0.4, 0.5) is 0 Å². The van der Waals surface area contributed by atoms with E-state index in [1.165, 1.54) is 19.3 Å². The van der Waals surface area contributed by atoms with Crippen LogP contribution in [0.5, 0.6) is 0 Å². The molecule has 0 spiro atoms. The molecule has 1 fully saturated rings. The predicted molar refractivity (Wildman–Crippen MR) is 65.8 cm³/mol. The highest BCUT2D eigenvalue weighted by Crippen LogP contribution is 2.42. The van der Waals surface area contributed by atoms with Gasteiger partial charge in [-0.2, -0.15) is 5.26 Å². The van der Waals surface area contributed by atoms with Crippen LogP contribution in [0.25, 0.3) is 0 Å². The molecule has 0 aromatic heterocycles. The first-order chi connectivity index (χ1) is 7.42. The maximum absolute atomic E-state index is 10.5. The lowest BCUT2D eigenvalue weighted by molar-refractivity contribution is -0.0338. The Morgan fingerprint density at radius 2 is 1.50 bits per heavy atom. The third-order valence-electron chi connectivity index (χ3n) is 3.81. The molecule has 0 saturated heterocycles. The number of nitriles is 1. The van der Waals surface area contributed by atoms with Crippen LogP contribution >= 0.6 is 0 Å². The smallest absolute Gasteiger partial charge is 0.0837 e. The molecule has 2 heteroatoms. The molecule has 0 amide bonds. The fraction of sp³-hybridized carbons (Fsp3) is 0.929. The molecule has 0 bridgehead atoms. The van der Waals surface area contributed by atoms with Crippen molar-refractivity contribution >= 4 is 0 Å². The van der Waals surface area contributed by atoms with Gasteiger partial charge in [0.05, 0.1) is 17.6 Å². The van der Waals surface area contributed by atoms with Crippen molar-refractivity contribution in [1.82, 2.24) is 0 Å². The van der Waals surface area contributed by atoms with Crippen LogP contribution in [-0.4, -0.2) is 11.2 Å². The number of hydrogen-bond donors (Lipinski definition) is 1. The predicted octanol–water partition coefficient (Wildman–Crippen LogP) is 3.65. The second-order valence-corrected chi connectivity index (χ2v) is 6.30. The molecule has 1 aliphatic carbocycles. The standard InChI is InChI=1S/C14H25NO/c1-13(2,3)12(16)14(11-15)9-7-5-4-6-8-10-14/h12,16H,4-10H2,1-3H3. The monoisotopic (exact) mass is 223 g/mol. The SMILES string of the molecule is CC(C)(C)C(O)C1(C#N)CCCCCCC1. The number of aliphatic hydroxyl groups is 1. The highest BCUT2D eigenvalue weighted by molar-refractivity contribution is 5.06. The zero-order valence-corrected chi connectivity index (χ0v) is 10.9. The third-order valence-corrected chi connectivity index (χ3v) is 3.81. The topological polar surface area (TPSA) is 44.0 Å². The van der Waals surface area contributed by atoms with E-state index in [1.54, 1.807) is 0 Å². The molecule has 0 aromatic rings. The number of nitrogens with zero attached hydrogens (tertiary/aromatic N) is 1. The average Bonchev–Trinajstić information content (AvgIpc) is 2.16. The van der Waals surface area contributed by atoms with Crippen LogP contribution in [0.15, 0.2) is 0 Å². The van der Waals surface area contributed by atoms with Crippen molar-refractivity contribution in [3.8, 4) is 6.07 Å². The van der Waals surface area contributed by atoms with Gasteiger partial charge in [-0.05, 0) is 18.3 Å². The van der Waals surface area contributed by atoms with Gasteiger partial charge in [-0.25, -0.2) is 0 Å². The van der Waals surface area contributed by atoms with E-state index in [4.69, 9.17) is 0 Å². The molecule has 0 aliphatic heterocycles. The summed E-state index contributed by atoms with van der Waals surface area (Å²) in [5, 5.41) is 19.9. The van der Waals surface area contributed by atoms with E-state index in [0.29, 0.717) is 0 Å². The molecule has 1 unspecified atom stereocenters. The normalized spacial score (nSPS) is 23.9. The van der Waals surface area contributed by atoms with Gasteiger partial charge in [-0.3, -0.25) is 0 Å². The molecule has 92 valence electrons. The minimum atomic E-state index is -0.511. The first-order valence-corrected chi connectivity index (χ1v) is 6.52. The van der Waals surface area contributed by atoms with Crippen LogP contribution in [0.3, 0.4) is 0 Å². The fourth-order valence-electron chi connectivity index (χ4n) is 2.81. The first kappa shape index (κ1) is 13.5. The minimum Gasteiger partial charge on any atom is -0.391 e. The molecule has 1 aliphatic rings. The first-order valence-electron chi connectivity index (χ1n) is 6.52. The largest absolute Gasteiger partial charge is 0.391 e. The Morgan fingerprint density at radius 3 is 1.88 bits per heavy atom. The van der Waals surface area contributed by atoms with Crippen molar-refractivity contribution in [3.63, 3.8) is 0 Å². The van der Waals surface area contributed by atoms with Gasteiger partial charge in [0.15, 0.2) is 0 Å². The Morgan fingerprint density at radius 1 is 1.06 bits per heavy atom. The second-order valence-electron chi connectivity index (χ2n) is 6.30. The number of hydrogen-bond acceptors (Lipinski definition) is 2. The Balaban J connectivity index is 2.85. The molecular weight excluding hydrogens is 198 g/mol. The van der Waals surface area contributed by atoms with Gasteiger partial charge < -0.3 is 5.11 Å². The summed E-state index contributed by atoms with van der Waals surface area (Å²) in [6.07, 6.45) is 7.09. The second kappa shape index (κ2) is 5.19. The maximum Gasteiger partial charge on any atom is 0.0837 e. The zero-order valence-electron chi connectivity index (χ0n) is 10.9. The maximum atomic E-state index is 10.5. The van der Waals surface area contributed by atoms with Gasteiger partial charge in [-0.15, -0.1) is 0 Å². The van der Waals surface area contributed by atoms with Crippen molar-refractivity contribution < 1.29 is 5.11 Å². The molecule has 0 aromatic carbocycles. The van der Waals surface area contributed by atoms with E-state index in [9.17, 15) is 10.4 Å². The molecule has 0 heterocycles. The summed E-state index contributed by atoms with van der Waals surface area (Å²) in [7, 11) is 0. The van der Waals surface area contributed by atoms with Crippen molar-refractivity contribution in [3.05, 3.63) is 0 Å². The van der Waals surface area contributed by atoms with Gasteiger partial charge in [0.1, 0.15) is 0 Å². The molecule has 2 nitrogen and oxygen atoms in total. The van der Waals surface area contributed by atoms with Crippen molar-refractivity contribution in [2.45, 2.75) is 71.8 Å². The summed E-state index contributed by atoms with van der Waals surface area (Å²) >= 11 is 0. The van der Waals surface area contributed by atoms with Crippen LogP contribution in [0, 0.1) is 22.2 Å². The van der Waals surface area contributed by atoms with Gasteiger partial charge in [0.25, 0.3) is 0 Å². The van der Waals surface area contributed by atoms with Crippen LogP contribution in [-0.2, 0) is 0 Å². The van der Waals surface area contributed by atoms with Crippen LogP contribution in [0.2, 0.25) is 0 Å². The molecule has 1 N–H and O–H groups in total. The van der Waals surface area contributed by atoms with Gasteiger partial charge in [0, 0.05) is 0 Å². The Kier molecular flexibility index (Phi) is 4.38. The number of rotatable bonds is 1. The Labute approximate surface area is 99.7 Å². The van der Waals surface area contributed by atoms with Crippen molar-refractivity contribution in [2.24, 2.45) is 10.8 Å². The van der Waals surface area contributed by atoms with Crippen molar-refractivity contribution in [1.29, 1.82) is 5.26 Å². The van der Waals surface area contributed by atoms with E-state index in [1.807, 2.05) is 20.8 Å². The van der Waals surface area contributed by atoms with Crippen LogP contribution in [0.1, 0.15) is 65.7 Å². The average molecular weight is 223 g/mol. The van der Waals surface area contributed by atoms with E-state index in [0.717, 1.165) is 25.7 Å².